The minimum atomic E-state index is -2.59. The molecule has 0 radical (unpaired) electrons. The third-order valence-electron chi connectivity index (χ3n) is 1.47. The molecule has 1 N–H and O–H groups in total. The van der Waals surface area contributed by atoms with Crippen LogP contribution >= 0.6 is 22.6 Å². The summed E-state index contributed by atoms with van der Waals surface area (Å²) >= 11 is 1.74. The third kappa shape index (κ3) is 1.65. The summed E-state index contributed by atoms with van der Waals surface area (Å²) in [5, 5.41) is 9.09. The van der Waals surface area contributed by atoms with E-state index in [2.05, 4.69) is 4.98 Å². The van der Waals surface area contributed by atoms with E-state index in [4.69, 9.17) is 5.11 Å². The van der Waals surface area contributed by atoms with Crippen LogP contribution in [0.1, 0.15) is 17.7 Å². The summed E-state index contributed by atoms with van der Waals surface area (Å²) in [6.45, 7) is 1.57. The monoisotopic (exact) mass is 285 g/mol. The predicted molar refractivity (Wildman–Crippen MR) is 48.3 cm³/mol. The summed E-state index contributed by atoms with van der Waals surface area (Å²) in [6.07, 6.45) is -1.55. The Labute approximate surface area is 81.8 Å². The summed E-state index contributed by atoms with van der Waals surface area (Å²) in [6, 6.07) is 0. The van der Waals surface area contributed by atoms with Crippen LogP contribution in [0.5, 0.6) is 5.75 Å². The van der Waals surface area contributed by atoms with Crippen LogP contribution in [-0.4, -0.2) is 10.1 Å². The molecule has 0 fully saturated rings. The average molecular weight is 285 g/mol. The number of rotatable bonds is 1. The Balaban J connectivity index is 3.27. The van der Waals surface area contributed by atoms with Gasteiger partial charge in [0.1, 0.15) is 11.4 Å². The maximum atomic E-state index is 12.2. The molecule has 0 saturated carbocycles. The Kier molecular flexibility index (Phi) is 2.81. The zero-order valence-corrected chi connectivity index (χ0v) is 8.34. The number of aromatic hydroxyl groups is 1. The van der Waals surface area contributed by atoms with Crippen LogP contribution in [0, 0.1) is 10.5 Å². The number of hydrogen-bond donors (Lipinski definition) is 1. The van der Waals surface area contributed by atoms with Crippen LogP contribution in [0.3, 0.4) is 0 Å². The fraction of sp³-hybridized carbons (Fsp3) is 0.286. The molecule has 2 nitrogen and oxygen atoms in total. The highest BCUT2D eigenvalue weighted by Gasteiger charge is 2.16. The molecule has 12 heavy (non-hydrogen) atoms. The molecule has 66 valence electrons. The molecule has 1 aromatic rings. The first-order valence-corrected chi connectivity index (χ1v) is 4.24. The average Bonchev–Trinajstić information content (AvgIpc) is 2.00. The smallest absolute Gasteiger partial charge is 0.281 e. The normalized spacial score (nSPS) is 10.8. The number of pyridine rings is 1. The van der Waals surface area contributed by atoms with Gasteiger partial charge in [0.25, 0.3) is 6.43 Å². The van der Waals surface area contributed by atoms with Crippen molar-refractivity contribution >= 4 is 22.6 Å². The molecule has 0 unspecified atom stereocenters. The van der Waals surface area contributed by atoms with Crippen molar-refractivity contribution in [2.75, 3.05) is 0 Å². The standard InChI is InChI=1S/C7H6F2INO/c1-3-4(12)2-11-6(5(3)10)7(8)9/h2,7,12H,1H3. The Morgan fingerprint density at radius 1 is 1.58 bits per heavy atom. The van der Waals surface area contributed by atoms with Crippen molar-refractivity contribution in [2.24, 2.45) is 0 Å². The van der Waals surface area contributed by atoms with Crippen molar-refractivity contribution in [3.63, 3.8) is 0 Å². The van der Waals surface area contributed by atoms with E-state index in [9.17, 15) is 8.78 Å². The lowest BCUT2D eigenvalue weighted by molar-refractivity contribution is 0.144. The van der Waals surface area contributed by atoms with Crippen molar-refractivity contribution in [3.8, 4) is 5.75 Å². The molecular weight excluding hydrogens is 279 g/mol. The second kappa shape index (κ2) is 3.51. The van der Waals surface area contributed by atoms with Gasteiger partial charge in [-0.3, -0.25) is 4.98 Å². The molecule has 0 bridgehead atoms. The number of hydrogen-bond acceptors (Lipinski definition) is 2. The van der Waals surface area contributed by atoms with Gasteiger partial charge in [0.05, 0.1) is 6.20 Å². The van der Waals surface area contributed by atoms with Gasteiger partial charge >= 0.3 is 0 Å². The van der Waals surface area contributed by atoms with Crippen LogP contribution in [0.2, 0.25) is 0 Å². The first kappa shape index (κ1) is 9.63. The van der Waals surface area contributed by atoms with Crippen molar-refractivity contribution in [2.45, 2.75) is 13.3 Å². The molecule has 1 rings (SSSR count). The van der Waals surface area contributed by atoms with Gasteiger partial charge in [-0.1, -0.05) is 0 Å². The highest BCUT2D eigenvalue weighted by molar-refractivity contribution is 14.1. The van der Waals surface area contributed by atoms with Gasteiger partial charge in [-0.25, -0.2) is 8.78 Å². The van der Waals surface area contributed by atoms with E-state index in [-0.39, 0.29) is 11.4 Å². The van der Waals surface area contributed by atoms with Crippen molar-refractivity contribution in [1.29, 1.82) is 0 Å². The number of alkyl halides is 2. The summed E-state index contributed by atoms with van der Waals surface area (Å²) in [7, 11) is 0. The van der Waals surface area contributed by atoms with Crippen LogP contribution < -0.4 is 0 Å². The molecule has 0 amide bonds. The van der Waals surface area contributed by atoms with E-state index < -0.39 is 6.43 Å². The fourth-order valence-corrected chi connectivity index (χ4v) is 1.39. The minimum absolute atomic E-state index is 0.0520. The van der Waals surface area contributed by atoms with E-state index in [0.29, 0.717) is 9.13 Å². The molecular formula is C7H6F2INO. The number of nitrogens with zero attached hydrogens (tertiary/aromatic N) is 1. The predicted octanol–water partition coefficient (Wildman–Crippen LogP) is 2.64. The molecule has 1 heterocycles. The second-order valence-corrected chi connectivity index (χ2v) is 3.35. The van der Waals surface area contributed by atoms with E-state index in [1.54, 1.807) is 29.5 Å². The second-order valence-electron chi connectivity index (χ2n) is 2.27. The molecule has 0 aliphatic heterocycles. The number of aromatic nitrogens is 1. The Hall–Kier alpha value is -0.460. The largest absolute Gasteiger partial charge is 0.506 e. The lowest BCUT2D eigenvalue weighted by Crippen LogP contribution is -1.96. The molecule has 0 aromatic carbocycles. The van der Waals surface area contributed by atoms with Gasteiger partial charge in [0.15, 0.2) is 0 Å². The maximum Gasteiger partial charge on any atom is 0.281 e. The Bertz CT molecular complexity index is 304. The van der Waals surface area contributed by atoms with Crippen molar-refractivity contribution in [3.05, 3.63) is 21.0 Å². The quantitative estimate of drug-likeness (QED) is 0.805. The topological polar surface area (TPSA) is 33.1 Å². The zero-order chi connectivity index (χ0) is 9.30. The molecule has 5 heteroatoms. The molecule has 0 spiro atoms. The van der Waals surface area contributed by atoms with Gasteiger partial charge in [-0.05, 0) is 29.5 Å². The van der Waals surface area contributed by atoms with Crippen LogP contribution in [0.4, 0.5) is 8.78 Å². The van der Waals surface area contributed by atoms with Crippen LogP contribution in [0.25, 0.3) is 0 Å². The SMILES string of the molecule is Cc1c(O)cnc(C(F)F)c1I. The Morgan fingerprint density at radius 2 is 2.17 bits per heavy atom. The maximum absolute atomic E-state index is 12.2. The highest BCUT2D eigenvalue weighted by atomic mass is 127. The highest BCUT2D eigenvalue weighted by Crippen LogP contribution is 2.28. The molecule has 0 aliphatic rings. The summed E-state index contributed by atoms with van der Waals surface area (Å²) in [5.74, 6) is -0.0520. The first-order chi connectivity index (χ1) is 5.54. The molecule has 0 aliphatic carbocycles. The summed E-state index contributed by atoms with van der Waals surface area (Å²) < 4.78 is 24.7. The number of halogens is 3. The zero-order valence-electron chi connectivity index (χ0n) is 6.18. The molecule has 0 saturated heterocycles. The van der Waals surface area contributed by atoms with Gasteiger partial charge in [0.2, 0.25) is 0 Å². The van der Waals surface area contributed by atoms with E-state index >= 15 is 0 Å². The first-order valence-electron chi connectivity index (χ1n) is 3.16. The summed E-state index contributed by atoms with van der Waals surface area (Å²) in [4.78, 5) is 3.43. The van der Waals surface area contributed by atoms with Crippen LogP contribution in [0.15, 0.2) is 6.20 Å². The van der Waals surface area contributed by atoms with E-state index in [0.717, 1.165) is 6.20 Å². The van der Waals surface area contributed by atoms with E-state index in [1.165, 1.54) is 0 Å². The lowest BCUT2D eigenvalue weighted by atomic mass is 10.2. The van der Waals surface area contributed by atoms with Gasteiger partial charge in [0, 0.05) is 9.13 Å². The minimum Gasteiger partial charge on any atom is -0.506 e. The van der Waals surface area contributed by atoms with Crippen molar-refractivity contribution in [1.82, 2.24) is 4.98 Å². The Morgan fingerprint density at radius 3 is 2.67 bits per heavy atom. The molecule has 1 aromatic heterocycles. The van der Waals surface area contributed by atoms with Crippen LogP contribution in [-0.2, 0) is 0 Å². The fourth-order valence-electron chi connectivity index (χ4n) is 0.741. The molecule has 0 atom stereocenters. The van der Waals surface area contributed by atoms with Gasteiger partial charge in [-0.15, -0.1) is 0 Å². The van der Waals surface area contributed by atoms with Gasteiger partial charge < -0.3 is 5.11 Å². The third-order valence-corrected chi connectivity index (χ3v) is 2.83. The summed E-state index contributed by atoms with van der Waals surface area (Å²) in [5.41, 5.74) is 0.173. The van der Waals surface area contributed by atoms with Gasteiger partial charge in [-0.2, -0.15) is 0 Å². The van der Waals surface area contributed by atoms with Crippen molar-refractivity contribution < 1.29 is 13.9 Å². The lowest BCUT2D eigenvalue weighted by Gasteiger charge is -2.05. The van der Waals surface area contributed by atoms with E-state index in [1.807, 2.05) is 0 Å².